The van der Waals surface area contributed by atoms with Crippen molar-refractivity contribution >= 4 is 11.4 Å². The standard InChI is InChI=1S/C11H11F3N2O/c1-7(17)6-16-8-3-4-10(15-2)9(5-8)11(12,13)14/h3-5,7,16-17H,6H2,1H3/t7-/m0/s1. The molecule has 0 bridgehead atoms. The van der Waals surface area contributed by atoms with Crippen LogP contribution in [0.1, 0.15) is 12.5 Å². The van der Waals surface area contributed by atoms with E-state index in [0.717, 1.165) is 12.1 Å². The first-order valence-electron chi connectivity index (χ1n) is 4.85. The van der Waals surface area contributed by atoms with Crippen LogP contribution in [0.5, 0.6) is 0 Å². The summed E-state index contributed by atoms with van der Waals surface area (Å²) in [4.78, 5) is 2.83. The summed E-state index contributed by atoms with van der Waals surface area (Å²) in [5, 5.41) is 11.7. The molecule has 3 nitrogen and oxygen atoms in total. The fourth-order valence-corrected chi connectivity index (χ4v) is 1.24. The van der Waals surface area contributed by atoms with E-state index in [-0.39, 0.29) is 12.2 Å². The van der Waals surface area contributed by atoms with Crippen LogP contribution < -0.4 is 5.32 Å². The van der Waals surface area contributed by atoms with Gasteiger partial charge in [0.05, 0.1) is 18.2 Å². The van der Waals surface area contributed by atoms with E-state index in [9.17, 15) is 13.2 Å². The van der Waals surface area contributed by atoms with Gasteiger partial charge in [-0.05, 0) is 19.1 Å². The minimum Gasteiger partial charge on any atom is -0.392 e. The number of nitrogens with one attached hydrogen (secondary N) is 1. The van der Waals surface area contributed by atoms with Gasteiger partial charge in [0.25, 0.3) is 0 Å². The number of halogens is 3. The third-order valence-corrected chi connectivity index (χ3v) is 2.02. The number of aliphatic hydroxyl groups is 1. The quantitative estimate of drug-likeness (QED) is 0.802. The molecule has 0 aliphatic rings. The second-order valence-corrected chi connectivity index (χ2v) is 3.57. The van der Waals surface area contributed by atoms with Crippen molar-refractivity contribution in [2.45, 2.75) is 19.2 Å². The van der Waals surface area contributed by atoms with E-state index in [2.05, 4.69) is 10.2 Å². The molecule has 2 N–H and O–H groups in total. The van der Waals surface area contributed by atoms with Crippen molar-refractivity contribution in [1.82, 2.24) is 0 Å². The van der Waals surface area contributed by atoms with Gasteiger partial charge in [-0.1, -0.05) is 6.07 Å². The Hall–Kier alpha value is -1.74. The molecule has 17 heavy (non-hydrogen) atoms. The normalized spacial score (nSPS) is 12.9. The summed E-state index contributed by atoms with van der Waals surface area (Å²) in [5.74, 6) is 0. The third kappa shape index (κ3) is 3.64. The lowest BCUT2D eigenvalue weighted by atomic mass is 10.1. The number of aliphatic hydroxyl groups excluding tert-OH is 1. The monoisotopic (exact) mass is 244 g/mol. The Bertz CT molecular complexity index is 435. The number of rotatable bonds is 3. The molecular formula is C11H11F3N2O. The molecule has 0 aromatic heterocycles. The lowest BCUT2D eigenvalue weighted by molar-refractivity contribution is -0.136. The molecule has 0 unspecified atom stereocenters. The molecule has 1 aromatic rings. The molecule has 0 saturated heterocycles. The molecular weight excluding hydrogens is 233 g/mol. The van der Waals surface area contributed by atoms with Gasteiger partial charge in [0, 0.05) is 12.2 Å². The maximum Gasteiger partial charge on any atom is 0.407 e. The summed E-state index contributed by atoms with van der Waals surface area (Å²) < 4.78 is 37.8. The molecule has 0 aliphatic carbocycles. The fourth-order valence-electron chi connectivity index (χ4n) is 1.24. The SMILES string of the molecule is [C-]#[N+]c1ccc(NC[C@H](C)O)cc1C(F)(F)F. The van der Waals surface area contributed by atoms with E-state index in [1.165, 1.54) is 13.0 Å². The molecule has 1 atom stereocenters. The van der Waals surface area contributed by atoms with E-state index in [0.29, 0.717) is 0 Å². The zero-order valence-electron chi connectivity index (χ0n) is 9.04. The maximum absolute atomic E-state index is 12.6. The third-order valence-electron chi connectivity index (χ3n) is 2.02. The van der Waals surface area contributed by atoms with E-state index >= 15 is 0 Å². The first kappa shape index (κ1) is 13.3. The van der Waals surface area contributed by atoms with Crippen molar-refractivity contribution in [3.63, 3.8) is 0 Å². The number of hydrogen-bond acceptors (Lipinski definition) is 2. The van der Waals surface area contributed by atoms with Crippen LogP contribution in [0.3, 0.4) is 0 Å². The highest BCUT2D eigenvalue weighted by Crippen LogP contribution is 2.37. The van der Waals surface area contributed by atoms with Crippen LogP contribution in [0.25, 0.3) is 4.85 Å². The van der Waals surface area contributed by atoms with Crippen molar-refractivity contribution in [2.75, 3.05) is 11.9 Å². The lowest BCUT2D eigenvalue weighted by Gasteiger charge is -2.13. The zero-order valence-corrected chi connectivity index (χ0v) is 9.04. The van der Waals surface area contributed by atoms with Gasteiger partial charge < -0.3 is 10.4 Å². The molecule has 1 rings (SSSR count). The first-order chi connectivity index (χ1) is 7.84. The van der Waals surface area contributed by atoms with Crippen LogP contribution in [0.4, 0.5) is 24.5 Å². The molecule has 0 heterocycles. The summed E-state index contributed by atoms with van der Waals surface area (Å²) in [7, 11) is 0. The predicted octanol–water partition coefficient (Wildman–Crippen LogP) is 3.05. The molecule has 92 valence electrons. The molecule has 1 aromatic carbocycles. The van der Waals surface area contributed by atoms with Gasteiger partial charge in [0.2, 0.25) is 0 Å². The average Bonchev–Trinajstić information content (AvgIpc) is 2.24. The largest absolute Gasteiger partial charge is 0.407 e. The summed E-state index contributed by atoms with van der Waals surface area (Å²) in [5.41, 5.74) is -1.17. The number of anilines is 1. The van der Waals surface area contributed by atoms with Gasteiger partial charge >= 0.3 is 6.18 Å². The van der Waals surface area contributed by atoms with Crippen LogP contribution in [0.15, 0.2) is 18.2 Å². The smallest absolute Gasteiger partial charge is 0.392 e. The Morgan fingerprint density at radius 2 is 2.12 bits per heavy atom. The summed E-state index contributed by atoms with van der Waals surface area (Å²) in [6.45, 7) is 8.34. The minimum absolute atomic E-state index is 0.147. The highest BCUT2D eigenvalue weighted by Gasteiger charge is 2.33. The highest BCUT2D eigenvalue weighted by atomic mass is 19.4. The Labute approximate surface area is 96.7 Å². The summed E-state index contributed by atoms with van der Waals surface area (Å²) in [6, 6.07) is 3.36. The molecule has 0 radical (unpaired) electrons. The first-order valence-corrected chi connectivity index (χ1v) is 4.85. The van der Waals surface area contributed by atoms with E-state index in [4.69, 9.17) is 11.7 Å². The topological polar surface area (TPSA) is 36.6 Å². The summed E-state index contributed by atoms with van der Waals surface area (Å²) >= 11 is 0. The van der Waals surface area contributed by atoms with Gasteiger partial charge in [0.15, 0.2) is 5.69 Å². The Morgan fingerprint density at radius 1 is 1.47 bits per heavy atom. The lowest BCUT2D eigenvalue weighted by Crippen LogP contribution is -2.15. The summed E-state index contributed by atoms with van der Waals surface area (Å²) in [6.07, 6.45) is -5.22. The van der Waals surface area contributed by atoms with Crippen molar-refractivity contribution in [1.29, 1.82) is 0 Å². The minimum atomic E-state index is -4.55. The number of hydrogen-bond donors (Lipinski definition) is 2. The van der Waals surface area contributed by atoms with Crippen LogP contribution in [-0.4, -0.2) is 17.8 Å². The Kier molecular flexibility index (Phi) is 3.97. The van der Waals surface area contributed by atoms with Crippen molar-refractivity contribution in [2.24, 2.45) is 0 Å². The van der Waals surface area contributed by atoms with Crippen LogP contribution in [-0.2, 0) is 6.18 Å². The molecule has 0 aliphatic heterocycles. The number of benzene rings is 1. The van der Waals surface area contributed by atoms with Gasteiger partial charge in [0.1, 0.15) is 0 Å². The van der Waals surface area contributed by atoms with Crippen molar-refractivity contribution in [3.8, 4) is 0 Å². The van der Waals surface area contributed by atoms with Crippen LogP contribution in [0, 0.1) is 6.57 Å². The predicted molar refractivity (Wildman–Crippen MR) is 57.9 cm³/mol. The fraction of sp³-hybridized carbons (Fsp3) is 0.364. The van der Waals surface area contributed by atoms with Crippen molar-refractivity contribution < 1.29 is 18.3 Å². The second kappa shape index (κ2) is 5.06. The molecule has 6 heteroatoms. The van der Waals surface area contributed by atoms with Crippen LogP contribution >= 0.6 is 0 Å². The maximum atomic E-state index is 12.6. The average molecular weight is 244 g/mol. The molecule has 0 amide bonds. The highest BCUT2D eigenvalue weighted by molar-refractivity contribution is 5.61. The van der Waals surface area contributed by atoms with E-state index in [1.807, 2.05) is 0 Å². The second-order valence-electron chi connectivity index (χ2n) is 3.57. The molecule has 0 saturated carbocycles. The van der Waals surface area contributed by atoms with Gasteiger partial charge in [-0.2, -0.15) is 13.2 Å². The molecule has 0 spiro atoms. The number of nitrogens with zero attached hydrogens (tertiary/aromatic N) is 1. The Morgan fingerprint density at radius 3 is 2.59 bits per heavy atom. The molecule has 0 fully saturated rings. The van der Waals surface area contributed by atoms with Gasteiger partial charge in [-0.3, -0.25) is 0 Å². The Balaban J connectivity index is 3.02. The van der Waals surface area contributed by atoms with E-state index in [1.54, 1.807) is 0 Å². The van der Waals surface area contributed by atoms with Crippen molar-refractivity contribution in [3.05, 3.63) is 35.2 Å². The van der Waals surface area contributed by atoms with Crippen LogP contribution in [0.2, 0.25) is 0 Å². The van der Waals surface area contributed by atoms with Gasteiger partial charge in [-0.25, -0.2) is 4.85 Å². The number of alkyl halides is 3. The van der Waals surface area contributed by atoms with E-state index < -0.39 is 23.5 Å². The van der Waals surface area contributed by atoms with Gasteiger partial charge in [-0.15, -0.1) is 0 Å². The zero-order chi connectivity index (χ0) is 13.1.